The maximum Gasteiger partial charge on any atom is 0.234 e. The number of hydrogen-bond donors (Lipinski definition) is 2. The Kier molecular flexibility index (Phi) is 4.38. The molecule has 2 heterocycles. The average Bonchev–Trinajstić information content (AvgIpc) is 3.16. The fourth-order valence-electron chi connectivity index (χ4n) is 2.27. The molecule has 1 saturated heterocycles. The number of nitrogens with zero attached hydrogens (tertiary/aromatic N) is 3. The normalized spacial score (nSPS) is 14.4. The summed E-state index contributed by atoms with van der Waals surface area (Å²) in [6.45, 7) is 0.734. The van der Waals surface area contributed by atoms with Gasteiger partial charge in [0.05, 0.1) is 5.75 Å². The number of nitrogens with one attached hydrogen (secondary N) is 2. The van der Waals surface area contributed by atoms with Crippen LogP contribution in [-0.2, 0) is 9.59 Å². The highest BCUT2D eigenvalue weighted by atomic mass is 32.2. The van der Waals surface area contributed by atoms with Crippen LogP contribution >= 0.6 is 11.8 Å². The molecule has 0 saturated carbocycles. The molecule has 22 heavy (non-hydrogen) atoms. The maximum atomic E-state index is 11.9. The zero-order valence-electron chi connectivity index (χ0n) is 11.8. The number of benzene rings is 1. The molecule has 1 aromatic carbocycles. The van der Waals surface area contributed by atoms with Crippen LogP contribution in [0.3, 0.4) is 0 Å². The van der Waals surface area contributed by atoms with Gasteiger partial charge in [-0.25, -0.2) is 4.98 Å². The van der Waals surface area contributed by atoms with Gasteiger partial charge in [-0.1, -0.05) is 17.8 Å². The van der Waals surface area contributed by atoms with Crippen molar-refractivity contribution in [3.63, 3.8) is 0 Å². The predicted molar refractivity (Wildman–Crippen MR) is 83.8 cm³/mol. The van der Waals surface area contributed by atoms with Crippen molar-refractivity contribution in [2.75, 3.05) is 22.5 Å². The van der Waals surface area contributed by atoms with Gasteiger partial charge < -0.3 is 10.2 Å². The molecule has 0 atom stereocenters. The third kappa shape index (κ3) is 3.45. The van der Waals surface area contributed by atoms with E-state index in [9.17, 15) is 9.59 Å². The molecule has 0 spiro atoms. The van der Waals surface area contributed by atoms with E-state index in [-0.39, 0.29) is 17.6 Å². The minimum atomic E-state index is -0.133. The highest BCUT2D eigenvalue weighted by molar-refractivity contribution is 7.99. The first-order valence-corrected chi connectivity index (χ1v) is 7.89. The standard InChI is InChI=1S/C14H15N5O2S/c20-12(8-22-14-15-9-16-18-14)17-10-3-1-4-11(7-10)19-6-2-5-13(19)21/h1,3-4,7,9H,2,5-6,8H2,(H,17,20)(H,15,16,18). The Morgan fingerprint density at radius 1 is 1.45 bits per heavy atom. The Morgan fingerprint density at radius 3 is 3.09 bits per heavy atom. The van der Waals surface area contributed by atoms with Crippen molar-refractivity contribution in [1.82, 2.24) is 15.2 Å². The van der Waals surface area contributed by atoms with Crippen LogP contribution in [0, 0.1) is 0 Å². The lowest BCUT2D eigenvalue weighted by Gasteiger charge is -2.16. The largest absolute Gasteiger partial charge is 0.325 e. The van der Waals surface area contributed by atoms with Gasteiger partial charge in [-0.05, 0) is 24.6 Å². The third-order valence-corrected chi connectivity index (χ3v) is 4.12. The van der Waals surface area contributed by atoms with E-state index in [0.717, 1.165) is 18.7 Å². The van der Waals surface area contributed by atoms with Crippen LogP contribution in [0.5, 0.6) is 0 Å². The predicted octanol–water partition coefficient (Wildman–Crippen LogP) is 1.66. The number of anilines is 2. The highest BCUT2D eigenvalue weighted by Crippen LogP contribution is 2.24. The second-order valence-corrected chi connectivity index (χ2v) is 5.79. The van der Waals surface area contributed by atoms with Crippen LogP contribution in [0.4, 0.5) is 11.4 Å². The molecule has 1 aliphatic rings. The summed E-state index contributed by atoms with van der Waals surface area (Å²) in [6.07, 6.45) is 2.87. The number of aromatic amines is 1. The lowest BCUT2D eigenvalue weighted by molar-refractivity contribution is -0.117. The average molecular weight is 317 g/mol. The van der Waals surface area contributed by atoms with Crippen LogP contribution < -0.4 is 10.2 Å². The molecule has 0 aliphatic carbocycles. The number of aromatic nitrogens is 3. The summed E-state index contributed by atoms with van der Waals surface area (Å²) in [5.74, 6) is 0.234. The molecule has 1 aromatic heterocycles. The van der Waals surface area contributed by atoms with Crippen molar-refractivity contribution >= 4 is 35.0 Å². The van der Waals surface area contributed by atoms with Gasteiger partial charge in [0.25, 0.3) is 0 Å². The summed E-state index contributed by atoms with van der Waals surface area (Å²) in [7, 11) is 0. The van der Waals surface area contributed by atoms with Crippen LogP contribution in [0.15, 0.2) is 35.7 Å². The summed E-state index contributed by atoms with van der Waals surface area (Å²) in [6, 6.07) is 7.34. The van der Waals surface area contributed by atoms with E-state index in [0.29, 0.717) is 17.3 Å². The molecule has 1 fully saturated rings. The lowest BCUT2D eigenvalue weighted by atomic mass is 10.2. The summed E-state index contributed by atoms with van der Waals surface area (Å²) in [5.41, 5.74) is 1.50. The third-order valence-electron chi connectivity index (χ3n) is 3.25. The number of amides is 2. The zero-order chi connectivity index (χ0) is 15.4. The Balaban J connectivity index is 1.60. The van der Waals surface area contributed by atoms with Crippen LogP contribution in [0.1, 0.15) is 12.8 Å². The van der Waals surface area contributed by atoms with Crippen molar-refractivity contribution in [2.45, 2.75) is 18.0 Å². The van der Waals surface area contributed by atoms with E-state index >= 15 is 0 Å². The second-order valence-electron chi connectivity index (χ2n) is 4.83. The molecule has 2 N–H and O–H groups in total. The van der Waals surface area contributed by atoms with Crippen molar-refractivity contribution in [3.8, 4) is 0 Å². The zero-order valence-corrected chi connectivity index (χ0v) is 12.6. The molecule has 8 heteroatoms. The quantitative estimate of drug-likeness (QED) is 0.819. The van der Waals surface area contributed by atoms with Gasteiger partial charge in [0.15, 0.2) is 5.16 Å². The van der Waals surface area contributed by atoms with Crippen molar-refractivity contribution in [1.29, 1.82) is 0 Å². The number of hydrogen-bond acceptors (Lipinski definition) is 5. The number of carbonyl (C=O) groups excluding carboxylic acids is 2. The molecule has 0 radical (unpaired) electrons. The molecular weight excluding hydrogens is 302 g/mol. The Labute approximate surface area is 131 Å². The lowest BCUT2D eigenvalue weighted by Crippen LogP contribution is -2.23. The number of carbonyl (C=O) groups is 2. The number of rotatable bonds is 5. The molecule has 2 amide bonds. The monoisotopic (exact) mass is 317 g/mol. The van der Waals surface area contributed by atoms with Gasteiger partial charge in [0, 0.05) is 24.3 Å². The van der Waals surface area contributed by atoms with Gasteiger partial charge in [0.1, 0.15) is 6.33 Å². The topological polar surface area (TPSA) is 91.0 Å². The summed E-state index contributed by atoms with van der Waals surface area (Å²) >= 11 is 1.28. The van der Waals surface area contributed by atoms with Crippen molar-refractivity contribution in [2.24, 2.45) is 0 Å². The first-order valence-electron chi connectivity index (χ1n) is 6.91. The van der Waals surface area contributed by atoms with E-state index in [1.165, 1.54) is 18.1 Å². The van der Waals surface area contributed by atoms with E-state index in [2.05, 4.69) is 20.5 Å². The minimum Gasteiger partial charge on any atom is -0.325 e. The van der Waals surface area contributed by atoms with Gasteiger partial charge in [0.2, 0.25) is 11.8 Å². The van der Waals surface area contributed by atoms with Gasteiger partial charge in [-0.3, -0.25) is 14.7 Å². The summed E-state index contributed by atoms with van der Waals surface area (Å²) in [5, 5.41) is 9.83. The molecular formula is C14H15N5O2S. The van der Waals surface area contributed by atoms with Gasteiger partial charge >= 0.3 is 0 Å². The fraction of sp³-hybridized carbons (Fsp3) is 0.286. The molecule has 0 unspecified atom stereocenters. The van der Waals surface area contributed by atoms with Crippen molar-refractivity contribution in [3.05, 3.63) is 30.6 Å². The second kappa shape index (κ2) is 6.61. The van der Waals surface area contributed by atoms with E-state index < -0.39 is 0 Å². The first-order chi connectivity index (χ1) is 10.7. The maximum absolute atomic E-state index is 11.9. The highest BCUT2D eigenvalue weighted by Gasteiger charge is 2.21. The Morgan fingerprint density at radius 2 is 2.36 bits per heavy atom. The van der Waals surface area contributed by atoms with Crippen molar-refractivity contribution < 1.29 is 9.59 Å². The SMILES string of the molecule is O=C(CSc1ncn[nH]1)Nc1cccc(N2CCCC2=O)c1. The first kappa shape index (κ1) is 14.6. The molecule has 2 aromatic rings. The molecule has 0 bridgehead atoms. The van der Waals surface area contributed by atoms with Gasteiger partial charge in [-0.15, -0.1) is 0 Å². The van der Waals surface area contributed by atoms with E-state index in [1.807, 2.05) is 18.2 Å². The summed E-state index contributed by atoms with van der Waals surface area (Å²) < 4.78 is 0. The fourth-order valence-corrected chi connectivity index (χ4v) is 2.85. The van der Waals surface area contributed by atoms with E-state index in [4.69, 9.17) is 0 Å². The molecule has 3 rings (SSSR count). The molecule has 114 valence electrons. The Bertz CT molecular complexity index is 674. The molecule has 1 aliphatic heterocycles. The summed E-state index contributed by atoms with van der Waals surface area (Å²) in [4.78, 5) is 29.4. The van der Waals surface area contributed by atoms with Gasteiger partial charge in [-0.2, -0.15) is 5.10 Å². The molecule has 7 nitrogen and oxygen atoms in total. The number of thioether (sulfide) groups is 1. The van der Waals surface area contributed by atoms with E-state index in [1.54, 1.807) is 11.0 Å². The van der Waals surface area contributed by atoms with Crippen LogP contribution in [0.2, 0.25) is 0 Å². The minimum absolute atomic E-state index is 0.129. The van der Waals surface area contributed by atoms with Crippen LogP contribution in [0.25, 0.3) is 0 Å². The Hall–Kier alpha value is -2.35. The van der Waals surface area contributed by atoms with Crippen LogP contribution in [-0.4, -0.2) is 39.3 Å². The smallest absolute Gasteiger partial charge is 0.234 e. The number of H-pyrrole nitrogens is 1.